The molecule has 2 aromatic heterocycles. The Morgan fingerprint density at radius 1 is 1.19 bits per heavy atom. The van der Waals surface area contributed by atoms with Crippen LogP contribution >= 0.6 is 0 Å². The second-order valence-corrected chi connectivity index (χ2v) is 4.64. The summed E-state index contributed by atoms with van der Waals surface area (Å²) in [4.78, 5) is 19.6. The Bertz CT molecular complexity index is 749. The predicted octanol–water partition coefficient (Wildman–Crippen LogP) is 2.69. The summed E-state index contributed by atoms with van der Waals surface area (Å²) in [6.07, 6.45) is 7.11. The molecule has 0 fully saturated rings. The van der Waals surface area contributed by atoms with Crippen molar-refractivity contribution in [1.82, 2.24) is 14.5 Å². The number of aromatic nitrogens is 3. The summed E-state index contributed by atoms with van der Waals surface area (Å²) >= 11 is 0. The maximum absolute atomic E-state index is 11.2. The number of carbonyl (C=O) groups is 1. The van der Waals surface area contributed by atoms with Gasteiger partial charge >= 0.3 is 5.97 Å². The number of carboxylic acid groups (broad SMARTS) is 1. The van der Waals surface area contributed by atoms with Crippen LogP contribution in [0.15, 0.2) is 61.3 Å². The molecular weight excluding hydrogens is 266 g/mol. The fourth-order valence-electron chi connectivity index (χ4n) is 2.16. The summed E-state index contributed by atoms with van der Waals surface area (Å²) in [5, 5.41) is 9.21. The van der Waals surface area contributed by atoms with Crippen LogP contribution in [0, 0.1) is 0 Å². The first-order chi connectivity index (χ1) is 10.2. The Kier molecular flexibility index (Phi) is 3.47. The van der Waals surface area contributed by atoms with Gasteiger partial charge in [-0.3, -0.25) is 4.98 Å². The molecule has 0 amide bonds. The lowest BCUT2D eigenvalue weighted by molar-refractivity contribution is 0.0697. The minimum atomic E-state index is -0.949. The lowest BCUT2D eigenvalue weighted by atomic mass is 10.0. The highest BCUT2D eigenvalue weighted by Gasteiger charge is 2.11. The lowest BCUT2D eigenvalue weighted by Crippen LogP contribution is -2.01. The van der Waals surface area contributed by atoms with E-state index in [1.807, 2.05) is 29.0 Å². The molecule has 0 atom stereocenters. The normalized spacial score (nSPS) is 10.5. The molecule has 0 saturated heterocycles. The SMILES string of the molecule is O=C(O)c1ccccc1-c1ccc(Cn2ccnc2)cn1. The highest BCUT2D eigenvalue weighted by molar-refractivity contribution is 5.95. The Hall–Kier alpha value is -2.95. The monoisotopic (exact) mass is 279 g/mol. The van der Waals surface area contributed by atoms with Crippen LogP contribution in [0.4, 0.5) is 0 Å². The van der Waals surface area contributed by atoms with Crippen molar-refractivity contribution in [3.8, 4) is 11.3 Å². The molecule has 3 rings (SSSR count). The van der Waals surface area contributed by atoms with E-state index in [0.29, 0.717) is 17.8 Å². The number of pyridine rings is 1. The maximum Gasteiger partial charge on any atom is 0.336 e. The summed E-state index contributed by atoms with van der Waals surface area (Å²) in [6, 6.07) is 10.7. The van der Waals surface area contributed by atoms with Crippen LogP contribution in [0.1, 0.15) is 15.9 Å². The van der Waals surface area contributed by atoms with Gasteiger partial charge in [-0.15, -0.1) is 0 Å². The van der Waals surface area contributed by atoms with Crippen molar-refractivity contribution in [2.24, 2.45) is 0 Å². The minimum Gasteiger partial charge on any atom is -0.478 e. The quantitative estimate of drug-likeness (QED) is 0.797. The minimum absolute atomic E-state index is 0.257. The second kappa shape index (κ2) is 5.58. The van der Waals surface area contributed by atoms with Gasteiger partial charge in [0.05, 0.1) is 17.6 Å². The summed E-state index contributed by atoms with van der Waals surface area (Å²) in [6.45, 7) is 0.688. The third-order valence-electron chi connectivity index (χ3n) is 3.18. The van der Waals surface area contributed by atoms with Gasteiger partial charge in [0.1, 0.15) is 0 Å². The van der Waals surface area contributed by atoms with Gasteiger partial charge in [-0.05, 0) is 17.7 Å². The van der Waals surface area contributed by atoms with Crippen LogP contribution in [0.5, 0.6) is 0 Å². The third-order valence-corrected chi connectivity index (χ3v) is 3.18. The molecule has 21 heavy (non-hydrogen) atoms. The molecule has 0 aliphatic heterocycles. The molecule has 0 aliphatic carbocycles. The zero-order valence-electron chi connectivity index (χ0n) is 11.2. The highest BCUT2D eigenvalue weighted by Crippen LogP contribution is 2.22. The lowest BCUT2D eigenvalue weighted by Gasteiger charge is -2.07. The molecule has 0 bridgehead atoms. The zero-order chi connectivity index (χ0) is 14.7. The standard InChI is InChI=1S/C16H13N3O2/c20-16(21)14-4-2-1-3-13(14)15-6-5-12(9-18-15)10-19-8-7-17-11-19/h1-9,11H,10H2,(H,20,21). The van der Waals surface area contributed by atoms with Crippen molar-refractivity contribution in [1.29, 1.82) is 0 Å². The number of imidazole rings is 1. The number of benzene rings is 1. The first-order valence-corrected chi connectivity index (χ1v) is 6.47. The summed E-state index contributed by atoms with van der Waals surface area (Å²) in [7, 11) is 0. The molecule has 3 aromatic rings. The highest BCUT2D eigenvalue weighted by atomic mass is 16.4. The topological polar surface area (TPSA) is 68.0 Å². The number of nitrogens with zero attached hydrogens (tertiary/aromatic N) is 3. The Balaban J connectivity index is 1.89. The first-order valence-electron chi connectivity index (χ1n) is 6.47. The second-order valence-electron chi connectivity index (χ2n) is 4.64. The van der Waals surface area contributed by atoms with Gasteiger partial charge in [0.15, 0.2) is 0 Å². The fourth-order valence-corrected chi connectivity index (χ4v) is 2.16. The summed E-state index contributed by atoms with van der Waals surface area (Å²) < 4.78 is 1.95. The van der Waals surface area contributed by atoms with Crippen molar-refractivity contribution < 1.29 is 9.90 Å². The van der Waals surface area contributed by atoms with Crippen LogP contribution in [-0.2, 0) is 6.54 Å². The molecule has 5 heteroatoms. The van der Waals surface area contributed by atoms with E-state index in [1.54, 1.807) is 36.9 Å². The van der Waals surface area contributed by atoms with Crippen molar-refractivity contribution >= 4 is 5.97 Å². The van der Waals surface area contributed by atoms with E-state index in [2.05, 4.69) is 9.97 Å². The summed E-state index contributed by atoms with van der Waals surface area (Å²) in [5.74, 6) is -0.949. The zero-order valence-corrected chi connectivity index (χ0v) is 11.2. The fraction of sp³-hybridized carbons (Fsp3) is 0.0625. The smallest absolute Gasteiger partial charge is 0.336 e. The Labute approximate surface area is 121 Å². The van der Waals surface area contributed by atoms with E-state index in [4.69, 9.17) is 0 Å². The molecule has 104 valence electrons. The number of hydrogen-bond donors (Lipinski definition) is 1. The Morgan fingerprint density at radius 2 is 2.05 bits per heavy atom. The van der Waals surface area contributed by atoms with E-state index in [0.717, 1.165) is 5.56 Å². The van der Waals surface area contributed by atoms with Crippen molar-refractivity contribution in [2.45, 2.75) is 6.54 Å². The Morgan fingerprint density at radius 3 is 2.71 bits per heavy atom. The van der Waals surface area contributed by atoms with Crippen LogP contribution in [0.3, 0.4) is 0 Å². The van der Waals surface area contributed by atoms with Crippen molar-refractivity contribution in [3.05, 3.63) is 72.4 Å². The average Bonchev–Trinajstić information content (AvgIpc) is 3.01. The van der Waals surface area contributed by atoms with Crippen LogP contribution in [-0.4, -0.2) is 25.6 Å². The van der Waals surface area contributed by atoms with E-state index in [1.165, 1.54) is 0 Å². The van der Waals surface area contributed by atoms with E-state index in [-0.39, 0.29) is 5.56 Å². The van der Waals surface area contributed by atoms with Gasteiger partial charge in [-0.25, -0.2) is 9.78 Å². The molecule has 1 N–H and O–H groups in total. The third kappa shape index (κ3) is 2.81. The van der Waals surface area contributed by atoms with Crippen LogP contribution in [0.25, 0.3) is 11.3 Å². The molecule has 1 aromatic carbocycles. The van der Waals surface area contributed by atoms with Crippen LogP contribution < -0.4 is 0 Å². The summed E-state index contributed by atoms with van der Waals surface area (Å²) in [5.41, 5.74) is 2.57. The molecule has 5 nitrogen and oxygen atoms in total. The molecule has 0 radical (unpaired) electrons. The van der Waals surface area contributed by atoms with Gasteiger partial charge in [0.25, 0.3) is 0 Å². The first kappa shape index (κ1) is 13.1. The van der Waals surface area contributed by atoms with Gasteiger partial charge in [-0.2, -0.15) is 0 Å². The number of rotatable bonds is 4. The predicted molar refractivity (Wildman–Crippen MR) is 78.0 cm³/mol. The average molecular weight is 279 g/mol. The van der Waals surface area contributed by atoms with Crippen molar-refractivity contribution in [3.63, 3.8) is 0 Å². The van der Waals surface area contributed by atoms with Gasteiger partial charge < -0.3 is 9.67 Å². The molecule has 2 heterocycles. The molecular formula is C16H13N3O2. The largest absolute Gasteiger partial charge is 0.478 e. The number of hydrogen-bond acceptors (Lipinski definition) is 3. The molecule has 0 aliphatic rings. The molecule has 0 unspecified atom stereocenters. The van der Waals surface area contributed by atoms with Crippen LogP contribution in [0.2, 0.25) is 0 Å². The van der Waals surface area contributed by atoms with Gasteiger partial charge in [0, 0.05) is 30.7 Å². The van der Waals surface area contributed by atoms with Gasteiger partial charge in [0.2, 0.25) is 0 Å². The molecule has 0 spiro atoms. The number of carboxylic acids is 1. The van der Waals surface area contributed by atoms with E-state index >= 15 is 0 Å². The number of aromatic carboxylic acids is 1. The van der Waals surface area contributed by atoms with E-state index in [9.17, 15) is 9.90 Å². The van der Waals surface area contributed by atoms with E-state index < -0.39 is 5.97 Å². The molecule has 0 saturated carbocycles. The maximum atomic E-state index is 11.2. The van der Waals surface area contributed by atoms with Crippen molar-refractivity contribution in [2.75, 3.05) is 0 Å². The van der Waals surface area contributed by atoms with Gasteiger partial charge in [-0.1, -0.05) is 24.3 Å².